The van der Waals surface area contributed by atoms with Crippen LogP contribution < -0.4 is 10.6 Å². The lowest BCUT2D eigenvalue weighted by atomic mass is 10.0. The van der Waals surface area contributed by atoms with Crippen molar-refractivity contribution >= 4 is 23.5 Å². The van der Waals surface area contributed by atoms with Gasteiger partial charge in [-0.3, -0.25) is 9.59 Å². The summed E-state index contributed by atoms with van der Waals surface area (Å²) in [5.41, 5.74) is -0.0535. The third kappa shape index (κ3) is 4.91. The summed E-state index contributed by atoms with van der Waals surface area (Å²) in [5, 5.41) is 4.97. The van der Waals surface area contributed by atoms with Crippen LogP contribution in [0.2, 0.25) is 0 Å². The Kier molecular flexibility index (Phi) is 6.81. The second kappa shape index (κ2) is 9.07. The molecule has 0 fully saturated rings. The molecule has 148 valence electrons. The maximum atomic E-state index is 13.8. The van der Waals surface area contributed by atoms with Gasteiger partial charge in [0.15, 0.2) is 0 Å². The topological polar surface area (TPSA) is 84.5 Å². The summed E-state index contributed by atoms with van der Waals surface area (Å²) in [5.74, 6) is -4.49. The van der Waals surface area contributed by atoms with Crippen molar-refractivity contribution in [3.63, 3.8) is 0 Å². The van der Waals surface area contributed by atoms with Gasteiger partial charge in [0.1, 0.15) is 23.2 Å². The number of esters is 1. The van der Waals surface area contributed by atoms with Gasteiger partial charge in [-0.15, -0.1) is 0 Å². The van der Waals surface area contributed by atoms with Crippen LogP contribution in [0.25, 0.3) is 0 Å². The first kappa shape index (κ1) is 21.0. The van der Waals surface area contributed by atoms with Gasteiger partial charge >= 0.3 is 5.97 Å². The minimum absolute atomic E-state index is 0.309. The van der Waals surface area contributed by atoms with Crippen LogP contribution in [0, 0.1) is 17.6 Å². The normalized spacial score (nSPS) is 11.6. The lowest BCUT2D eigenvalue weighted by molar-refractivity contribution is -0.118. The van der Waals surface area contributed by atoms with Gasteiger partial charge in [0, 0.05) is 5.69 Å². The summed E-state index contributed by atoms with van der Waals surface area (Å²) in [7, 11) is 1.26. The molecule has 0 saturated carbocycles. The Labute approximate surface area is 160 Å². The van der Waals surface area contributed by atoms with Crippen molar-refractivity contribution in [3.8, 4) is 0 Å². The fourth-order valence-electron chi connectivity index (χ4n) is 2.49. The molecule has 2 rings (SSSR count). The minimum atomic E-state index is -1.04. The lowest BCUT2D eigenvalue weighted by Crippen LogP contribution is -2.47. The number of benzene rings is 2. The molecule has 0 radical (unpaired) electrons. The molecule has 0 aliphatic heterocycles. The van der Waals surface area contributed by atoms with E-state index in [-0.39, 0.29) is 5.92 Å². The van der Waals surface area contributed by atoms with E-state index < -0.39 is 41.0 Å². The smallest absolute Gasteiger partial charge is 0.337 e. The molecule has 2 aromatic carbocycles. The number of halogens is 2. The molecular formula is C20H20F2N2O4. The van der Waals surface area contributed by atoms with Gasteiger partial charge in [0.2, 0.25) is 5.91 Å². The molecule has 2 aromatic rings. The first-order chi connectivity index (χ1) is 13.2. The first-order valence-corrected chi connectivity index (χ1v) is 8.48. The highest BCUT2D eigenvalue weighted by Gasteiger charge is 2.27. The summed E-state index contributed by atoms with van der Waals surface area (Å²) >= 11 is 0. The summed E-state index contributed by atoms with van der Waals surface area (Å²) in [4.78, 5) is 36.3. The minimum Gasteiger partial charge on any atom is -0.465 e. The average molecular weight is 390 g/mol. The molecule has 2 amide bonds. The summed E-state index contributed by atoms with van der Waals surface area (Å²) in [6, 6.07) is 7.98. The van der Waals surface area contributed by atoms with E-state index in [1.165, 1.54) is 31.4 Å². The van der Waals surface area contributed by atoms with Crippen LogP contribution in [-0.4, -0.2) is 30.9 Å². The zero-order valence-corrected chi connectivity index (χ0v) is 15.6. The Balaban J connectivity index is 2.14. The van der Waals surface area contributed by atoms with E-state index in [2.05, 4.69) is 15.4 Å². The SMILES string of the molecule is COC(=O)c1ccc(NC(=O)C(NC(=O)c2c(F)cccc2F)C(C)C)cc1. The number of anilines is 1. The maximum absolute atomic E-state index is 13.8. The Morgan fingerprint density at radius 2 is 1.54 bits per heavy atom. The van der Waals surface area contributed by atoms with Crippen molar-refractivity contribution in [1.82, 2.24) is 5.32 Å². The zero-order valence-electron chi connectivity index (χ0n) is 15.6. The standard InChI is InChI=1S/C20H20F2N2O4/c1-11(2)17(24-18(25)16-14(21)5-4-6-15(16)22)19(26)23-13-9-7-12(8-10-13)20(27)28-3/h4-11,17H,1-3H3,(H,23,26)(H,24,25). The fourth-order valence-corrected chi connectivity index (χ4v) is 2.49. The molecule has 0 aliphatic rings. The highest BCUT2D eigenvalue weighted by atomic mass is 19.1. The largest absolute Gasteiger partial charge is 0.465 e. The van der Waals surface area contributed by atoms with Crippen LogP contribution in [0.3, 0.4) is 0 Å². The molecule has 0 bridgehead atoms. The van der Waals surface area contributed by atoms with E-state index in [0.29, 0.717) is 11.3 Å². The van der Waals surface area contributed by atoms with Crippen molar-refractivity contribution in [2.24, 2.45) is 5.92 Å². The van der Waals surface area contributed by atoms with Gasteiger partial charge in [-0.25, -0.2) is 13.6 Å². The highest BCUT2D eigenvalue weighted by molar-refractivity contribution is 6.01. The zero-order chi connectivity index (χ0) is 20.8. The van der Waals surface area contributed by atoms with Crippen LogP contribution >= 0.6 is 0 Å². The lowest BCUT2D eigenvalue weighted by Gasteiger charge is -2.22. The number of hydrogen-bond acceptors (Lipinski definition) is 4. The highest BCUT2D eigenvalue weighted by Crippen LogP contribution is 2.15. The van der Waals surface area contributed by atoms with Gasteiger partial charge < -0.3 is 15.4 Å². The van der Waals surface area contributed by atoms with E-state index >= 15 is 0 Å². The van der Waals surface area contributed by atoms with E-state index in [1.807, 2.05) is 0 Å². The Morgan fingerprint density at radius 1 is 0.964 bits per heavy atom. The van der Waals surface area contributed by atoms with Gasteiger partial charge in [0.05, 0.1) is 12.7 Å². The molecule has 8 heteroatoms. The Hall–Kier alpha value is -3.29. The Morgan fingerprint density at radius 3 is 2.04 bits per heavy atom. The number of nitrogens with one attached hydrogen (secondary N) is 2. The van der Waals surface area contributed by atoms with Crippen molar-refractivity contribution < 1.29 is 27.9 Å². The molecule has 1 unspecified atom stereocenters. The number of amides is 2. The van der Waals surface area contributed by atoms with Crippen LogP contribution in [0.4, 0.5) is 14.5 Å². The third-order valence-corrected chi connectivity index (χ3v) is 4.00. The number of carbonyl (C=O) groups is 3. The van der Waals surface area contributed by atoms with E-state index in [9.17, 15) is 23.2 Å². The van der Waals surface area contributed by atoms with Crippen molar-refractivity contribution in [3.05, 3.63) is 65.2 Å². The van der Waals surface area contributed by atoms with Crippen molar-refractivity contribution in [2.45, 2.75) is 19.9 Å². The molecule has 0 aliphatic carbocycles. The Bertz CT molecular complexity index is 862. The quantitative estimate of drug-likeness (QED) is 0.742. The van der Waals surface area contributed by atoms with Crippen LogP contribution in [0.5, 0.6) is 0 Å². The van der Waals surface area contributed by atoms with Crippen molar-refractivity contribution in [2.75, 3.05) is 12.4 Å². The van der Waals surface area contributed by atoms with Gasteiger partial charge in [-0.1, -0.05) is 19.9 Å². The van der Waals surface area contributed by atoms with Gasteiger partial charge in [-0.2, -0.15) is 0 Å². The predicted molar refractivity (Wildman–Crippen MR) is 98.9 cm³/mol. The monoisotopic (exact) mass is 390 g/mol. The molecule has 0 saturated heterocycles. The molecule has 2 N–H and O–H groups in total. The van der Waals surface area contributed by atoms with Crippen LogP contribution in [-0.2, 0) is 9.53 Å². The third-order valence-electron chi connectivity index (χ3n) is 4.00. The van der Waals surface area contributed by atoms with Crippen LogP contribution in [0.1, 0.15) is 34.6 Å². The number of methoxy groups -OCH3 is 1. The van der Waals surface area contributed by atoms with Gasteiger partial charge in [-0.05, 0) is 42.3 Å². The molecule has 0 aromatic heterocycles. The summed E-state index contributed by atoms with van der Waals surface area (Å²) in [6.45, 7) is 3.37. The maximum Gasteiger partial charge on any atom is 0.337 e. The average Bonchev–Trinajstić information content (AvgIpc) is 2.65. The molecule has 1 atom stereocenters. The van der Waals surface area contributed by atoms with Gasteiger partial charge in [0.25, 0.3) is 5.91 Å². The second-order valence-electron chi connectivity index (χ2n) is 6.35. The van der Waals surface area contributed by atoms with E-state index in [1.54, 1.807) is 13.8 Å². The number of ether oxygens (including phenoxy) is 1. The van der Waals surface area contributed by atoms with Crippen LogP contribution in [0.15, 0.2) is 42.5 Å². The molecule has 0 heterocycles. The molecule has 0 spiro atoms. The molecular weight excluding hydrogens is 370 g/mol. The van der Waals surface area contributed by atoms with Crippen molar-refractivity contribution in [1.29, 1.82) is 0 Å². The van der Waals surface area contributed by atoms with E-state index in [4.69, 9.17) is 0 Å². The summed E-state index contributed by atoms with van der Waals surface area (Å²) in [6.07, 6.45) is 0. The predicted octanol–water partition coefficient (Wildman–Crippen LogP) is 3.14. The number of carbonyl (C=O) groups excluding carboxylic acids is 3. The molecule has 6 nitrogen and oxygen atoms in total. The number of rotatable bonds is 6. The van der Waals surface area contributed by atoms with E-state index in [0.717, 1.165) is 18.2 Å². The second-order valence-corrected chi connectivity index (χ2v) is 6.35. The first-order valence-electron chi connectivity index (χ1n) is 8.48. The summed E-state index contributed by atoms with van der Waals surface area (Å²) < 4.78 is 32.2. The molecule has 28 heavy (non-hydrogen) atoms. The number of hydrogen-bond donors (Lipinski definition) is 2. The fraction of sp³-hybridized carbons (Fsp3) is 0.250.